The molecule has 8 heteroatoms. The van der Waals surface area contributed by atoms with E-state index in [1.165, 1.54) is 9.87 Å². The number of hydrogen-bond acceptors (Lipinski definition) is 4. The fraction of sp³-hybridized carbons (Fsp3) is 0.462. The number of hydrogen-bond donors (Lipinski definition) is 2. The number of carbonyl (C=O) groups is 2. The van der Waals surface area contributed by atoms with Gasteiger partial charge in [0.2, 0.25) is 15.9 Å². The van der Waals surface area contributed by atoms with Crippen LogP contribution in [0.4, 0.5) is 0 Å². The van der Waals surface area contributed by atoms with Crippen LogP contribution in [0.5, 0.6) is 0 Å². The van der Waals surface area contributed by atoms with Gasteiger partial charge in [0, 0.05) is 37.2 Å². The predicted octanol–water partition coefficient (Wildman–Crippen LogP) is 2.78. The minimum absolute atomic E-state index is 0.0508. The highest BCUT2D eigenvalue weighted by Gasteiger charge is 2.32. The lowest BCUT2D eigenvalue weighted by atomic mass is 9.97. The van der Waals surface area contributed by atoms with E-state index < -0.39 is 10.0 Å². The molecule has 2 aliphatic carbocycles. The van der Waals surface area contributed by atoms with Crippen LogP contribution in [0.15, 0.2) is 47.4 Å². The first kappa shape index (κ1) is 23.1. The van der Waals surface area contributed by atoms with E-state index in [2.05, 4.69) is 10.6 Å². The maximum atomic E-state index is 13.1. The number of nitrogens with one attached hydrogen (secondary N) is 2. The predicted molar refractivity (Wildman–Crippen MR) is 129 cm³/mol. The molecule has 0 spiro atoms. The summed E-state index contributed by atoms with van der Waals surface area (Å²) in [6, 6.07) is 13.1. The lowest BCUT2D eigenvalue weighted by Crippen LogP contribution is -2.42. The van der Waals surface area contributed by atoms with Gasteiger partial charge in [-0.15, -0.1) is 0 Å². The van der Waals surface area contributed by atoms with Gasteiger partial charge >= 0.3 is 0 Å². The van der Waals surface area contributed by atoms with Gasteiger partial charge < -0.3 is 10.6 Å². The maximum Gasteiger partial charge on any atom is 0.251 e. The quantitative estimate of drug-likeness (QED) is 0.636. The molecular weight excluding hydrogens is 450 g/mol. The number of benzene rings is 2. The first-order valence-electron chi connectivity index (χ1n) is 12.2. The molecule has 5 rings (SSSR count). The summed E-state index contributed by atoms with van der Waals surface area (Å²) in [5.41, 5.74) is 3.95. The zero-order valence-corrected chi connectivity index (χ0v) is 20.1. The van der Waals surface area contributed by atoms with Crippen molar-refractivity contribution in [1.29, 1.82) is 0 Å². The smallest absolute Gasteiger partial charge is 0.251 e. The summed E-state index contributed by atoms with van der Waals surface area (Å²) in [5, 5.41) is 5.93. The first-order chi connectivity index (χ1) is 16.4. The van der Waals surface area contributed by atoms with Crippen molar-refractivity contribution in [3.63, 3.8) is 0 Å². The third-order valence-electron chi connectivity index (χ3n) is 7.13. The van der Waals surface area contributed by atoms with Gasteiger partial charge in [0.25, 0.3) is 5.91 Å². The van der Waals surface area contributed by atoms with Crippen molar-refractivity contribution in [2.24, 2.45) is 5.92 Å². The van der Waals surface area contributed by atoms with E-state index in [0.29, 0.717) is 49.0 Å². The minimum Gasteiger partial charge on any atom is -0.352 e. The SMILES string of the molecule is O=C(NC1CC1)c1ccc(CNC(=O)C2CCN(S(=O)(=O)c3ccc4c(c3)CCC4)CC2)cc1. The van der Waals surface area contributed by atoms with Crippen molar-refractivity contribution in [2.45, 2.75) is 62.4 Å². The van der Waals surface area contributed by atoms with Crippen LogP contribution in [0.25, 0.3) is 0 Å². The molecular formula is C26H31N3O4S. The van der Waals surface area contributed by atoms with Crippen LogP contribution in [0, 0.1) is 5.92 Å². The van der Waals surface area contributed by atoms with Crippen LogP contribution < -0.4 is 10.6 Å². The second kappa shape index (κ2) is 9.50. The van der Waals surface area contributed by atoms with E-state index in [4.69, 9.17) is 0 Å². The zero-order valence-electron chi connectivity index (χ0n) is 19.3. The Morgan fingerprint density at radius 2 is 1.62 bits per heavy atom. The fourth-order valence-corrected chi connectivity index (χ4v) is 6.34. The van der Waals surface area contributed by atoms with Gasteiger partial charge in [-0.2, -0.15) is 4.31 Å². The Morgan fingerprint density at radius 1 is 0.912 bits per heavy atom. The lowest BCUT2D eigenvalue weighted by molar-refractivity contribution is -0.126. The molecule has 2 aromatic rings. The Labute approximate surface area is 201 Å². The number of rotatable bonds is 7. The van der Waals surface area contributed by atoms with Gasteiger partial charge in [0.1, 0.15) is 0 Å². The van der Waals surface area contributed by atoms with Crippen molar-refractivity contribution < 1.29 is 18.0 Å². The zero-order chi connectivity index (χ0) is 23.7. The molecule has 3 aliphatic rings. The Kier molecular flexibility index (Phi) is 6.44. The summed E-state index contributed by atoms with van der Waals surface area (Å²) in [5.74, 6) is -0.306. The van der Waals surface area contributed by atoms with Crippen molar-refractivity contribution in [3.05, 3.63) is 64.7 Å². The highest BCUT2D eigenvalue weighted by atomic mass is 32.2. The summed E-state index contributed by atoms with van der Waals surface area (Å²) >= 11 is 0. The van der Waals surface area contributed by atoms with Gasteiger partial charge in [0.15, 0.2) is 0 Å². The van der Waals surface area contributed by atoms with Crippen LogP contribution in [-0.4, -0.2) is 43.7 Å². The molecule has 0 radical (unpaired) electrons. The van der Waals surface area contributed by atoms with Gasteiger partial charge in [-0.05, 0) is 85.9 Å². The molecule has 2 N–H and O–H groups in total. The molecule has 0 atom stereocenters. The third kappa shape index (κ3) is 5.03. The van der Waals surface area contributed by atoms with Crippen molar-refractivity contribution >= 4 is 21.8 Å². The maximum absolute atomic E-state index is 13.1. The molecule has 34 heavy (non-hydrogen) atoms. The summed E-state index contributed by atoms with van der Waals surface area (Å²) < 4.78 is 27.7. The summed E-state index contributed by atoms with van der Waals surface area (Å²) in [4.78, 5) is 25.1. The number of carbonyl (C=O) groups excluding carboxylic acids is 2. The fourth-order valence-electron chi connectivity index (χ4n) is 4.82. The van der Waals surface area contributed by atoms with Crippen molar-refractivity contribution in [3.8, 4) is 0 Å². The molecule has 1 heterocycles. The van der Waals surface area contributed by atoms with E-state index in [1.807, 2.05) is 24.3 Å². The van der Waals surface area contributed by atoms with Gasteiger partial charge in [0.05, 0.1) is 4.90 Å². The van der Waals surface area contributed by atoms with Gasteiger partial charge in [-0.25, -0.2) is 8.42 Å². The van der Waals surface area contributed by atoms with Crippen molar-refractivity contribution in [1.82, 2.24) is 14.9 Å². The van der Waals surface area contributed by atoms with Crippen LogP contribution in [0.3, 0.4) is 0 Å². The van der Waals surface area contributed by atoms with Crippen molar-refractivity contribution in [2.75, 3.05) is 13.1 Å². The Bertz CT molecular complexity index is 1180. The minimum atomic E-state index is -3.53. The number of nitrogens with zero attached hydrogens (tertiary/aromatic N) is 1. The van der Waals surface area contributed by atoms with Crippen LogP contribution in [0.1, 0.15) is 59.2 Å². The van der Waals surface area contributed by atoms with Gasteiger partial charge in [-0.3, -0.25) is 9.59 Å². The molecule has 0 bridgehead atoms. The second-order valence-electron chi connectivity index (χ2n) is 9.62. The van der Waals surface area contributed by atoms with E-state index in [1.54, 1.807) is 18.2 Å². The van der Waals surface area contributed by atoms with E-state index in [-0.39, 0.29) is 17.7 Å². The number of fused-ring (bicyclic) bond motifs is 1. The highest BCUT2D eigenvalue weighted by molar-refractivity contribution is 7.89. The number of aryl methyl sites for hydroxylation is 2. The Morgan fingerprint density at radius 3 is 2.32 bits per heavy atom. The molecule has 1 aliphatic heterocycles. The average Bonchev–Trinajstić information content (AvgIpc) is 3.54. The summed E-state index contributed by atoms with van der Waals surface area (Å²) in [6.45, 7) is 1.08. The molecule has 2 aromatic carbocycles. The summed E-state index contributed by atoms with van der Waals surface area (Å²) in [6.07, 6.45) is 6.17. The summed E-state index contributed by atoms with van der Waals surface area (Å²) in [7, 11) is -3.53. The normalized spacial score (nSPS) is 18.9. The number of sulfonamides is 1. The topological polar surface area (TPSA) is 95.6 Å². The molecule has 0 aromatic heterocycles. The third-order valence-corrected chi connectivity index (χ3v) is 9.02. The highest BCUT2D eigenvalue weighted by Crippen LogP contribution is 2.28. The number of piperidine rings is 1. The van der Waals surface area contributed by atoms with E-state index in [9.17, 15) is 18.0 Å². The molecule has 2 amide bonds. The van der Waals surface area contributed by atoms with Crippen LogP contribution >= 0.6 is 0 Å². The molecule has 1 saturated carbocycles. The molecule has 0 unspecified atom stereocenters. The Hall–Kier alpha value is -2.71. The van der Waals surface area contributed by atoms with Crippen LogP contribution in [0.2, 0.25) is 0 Å². The average molecular weight is 482 g/mol. The molecule has 180 valence electrons. The van der Waals surface area contributed by atoms with E-state index in [0.717, 1.165) is 43.2 Å². The van der Waals surface area contributed by atoms with Crippen LogP contribution in [-0.2, 0) is 34.2 Å². The Balaban J connectivity index is 1.11. The van der Waals surface area contributed by atoms with Gasteiger partial charge in [-0.1, -0.05) is 18.2 Å². The number of amides is 2. The molecule has 7 nitrogen and oxygen atoms in total. The van der Waals surface area contributed by atoms with E-state index >= 15 is 0 Å². The monoisotopic (exact) mass is 481 g/mol. The molecule has 1 saturated heterocycles. The second-order valence-corrected chi connectivity index (χ2v) is 11.6. The largest absolute Gasteiger partial charge is 0.352 e. The lowest BCUT2D eigenvalue weighted by Gasteiger charge is -2.30. The standard InChI is InChI=1S/C26H31N3O4S/c30-25(27-17-18-4-6-20(7-5-18)26(31)28-23-9-10-23)21-12-14-29(15-13-21)34(32,33)24-11-8-19-2-1-3-22(19)16-24/h4-8,11,16,21,23H,1-3,9-10,12-15,17H2,(H,27,30)(H,28,31). The molecule has 2 fully saturated rings. The first-order valence-corrected chi connectivity index (χ1v) is 13.6.